The number of hydrogen-bond donors (Lipinski definition) is 2. The first-order valence-corrected chi connectivity index (χ1v) is 18.5. The van der Waals surface area contributed by atoms with Crippen molar-refractivity contribution in [3.63, 3.8) is 0 Å². The van der Waals surface area contributed by atoms with E-state index in [1.54, 1.807) is 11.1 Å². The first-order chi connectivity index (χ1) is 20.3. The molecule has 1 saturated carbocycles. The molecule has 0 aromatic heterocycles. The number of nitrogens with two attached hydrogens (primary N) is 2. The lowest BCUT2D eigenvalue weighted by atomic mass is 9.76. The third-order valence-electron chi connectivity index (χ3n) is 9.20. The van der Waals surface area contributed by atoms with Crippen molar-refractivity contribution in [2.45, 2.75) is 158 Å². The molecule has 1 saturated heterocycles. The monoisotopic (exact) mass is 605 g/mol. The fourth-order valence-corrected chi connectivity index (χ4v) is 6.11. The summed E-state index contributed by atoms with van der Waals surface area (Å²) in [6, 6.07) is 1.30. The minimum Gasteiger partial charge on any atom is -0.330 e. The summed E-state index contributed by atoms with van der Waals surface area (Å²) in [5.74, 6) is 4.15. The summed E-state index contributed by atoms with van der Waals surface area (Å²) >= 11 is 0. The van der Waals surface area contributed by atoms with Crippen molar-refractivity contribution in [3.8, 4) is 0 Å². The zero-order valence-electron chi connectivity index (χ0n) is 31.3. The Balaban J connectivity index is 0.000000518. The molecule has 0 unspecified atom stereocenters. The van der Waals surface area contributed by atoms with Gasteiger partial charge < -0.3 is 21.3 Å². The molecule has 0 atom stereocenters. The lowest BCUT2D eigenvalue weighted by Crippen LogP contribution is -2.36. The van der Waals surface area contributed by atoms with Crippen molar-refractivity contribution in [1.29, 1.82) is 0 Å². The van der Waals surface area contributed by atoms with E-state index in [2.05, 4.69) is 98.2 Å². The van der Waals surface area contributed by atoms with Gasteiger partial charge in [0.25, 0.3) is 0 Å². The minimum atomic E-state index is 0.536. The van der Waals surface area contributed by atoms with E-state index < -0.39 is 0 Å². The van der Waals surface area contributed by atoms with Crippen LogP contribution in [0.5, 0.6) is 0 Å². The molecule has 0 amide bonds. The standard InChI is InChI=1S/C9H17N.C9H16.2C8H17N.C5H13N/c1-8(2)9-4-6-10(3)7-5-9;1-8(2)9-6-4-3-5-7-9;1-6(2)3-7-4-8(9)5-7;1-8(2)9-6-4-3-5-7-9;1-5(2)3-4-6/h4,8H,5-7H2,1-3H3;6,8H,3-5,7H2,1-2H3;6-8H,3-5,9H2,1-2H3;8H,3-7H2,1-2H3;5H,3-4,6H2,1-2H3. The molecule has 0 spiro atoms. The highest BCUT2D eigenvalue weighted by Gasteiger charge is 2.25. The van der Waals surface area contributed by atoms with E-state index in [-0.39, 0.29) is 0 Å². The second-order valence-corrected chi connectivity index (χ2v) is 15.5. The average molecular weight is 605 g/mol. The summed E-state index contributed by atoms with van der Waals surface area (Å²) in [5, 5.41) is 0. The Morgan fingerprint density at radius 3 is 1.60 bits per heavy atom. The molecule has 4 aliphatic rings. The van der Waals surface area contributed by atoms with E-state index >= 15 is 0 Å². The van der Waals surface area contributed by atoms with Gasteiger partial charge in [0.05, 0.1) is 0 Å². The number of piperidine rings is 1. The quantitative estimate of drug-likeness (QED) is 0.284. The predicted molar refractivity (Wildman–Crippen MR) is 196 cm³/mol. The van der Waals surface area contributed by atoms with Crippen LogP contribution in [0.3, 0.4) is 0 Å². The highest BCUT2D eigenvalue weighted by atomic mass is 15.1. The number of nitrogens with zero attached hydrogens (tertiary/aromatic N) is 2. The van der Waals surface area contributed by atoms with E-state index in [1.807, 2.05) is 0 Å². The van der Waals surface area contributed by atoms with Gasteiger partial charge in [0.15, 0.2) is 0 Å². The molecule has 0 aromatic rings. The first kappa shape index (κ1) is 42.3. The maximum Gasteiger partial charge on any atom is 0.0163 e. The van der Waals surface area contributed by atoms with Gasteiger partial charge in [0.1, 0.15) is 0 Å². The third-order valence-corrected chi connectivity index (χ3v) is 9.20. The van der Waals surface area contributed by atoms with Gasteiger partial charge in [-0.15, -0.1) is 0 Å². The minimum absolute atomic E-state index is 0.536. The molecule has 4 rings (SSSR count). The van der Waals surface area contributed by atoms with Crippen LogP contribution in [0.25, 0.3) is 0 Å². The SMILES string of the molecule is CC(C)C1=CCCCC1.CC(C)C1=CCN(C)CC1.CC(C)CC1CC(N)C1.CC(C)CCN.CC(C)N1CCCCC1. The van der Waals surface area contributed by atoms with Gasteiger partial charge in [-0.1, -0.05) is 85.1 Å². The van der Waals surface area contributed by atoms with Crippen LogP contribution in [-0.4, -0.2) is 61.7 Å². The van der Waals surface area contributed by atoms with E-state index in [0.717, 1.165) is 55.1 Å². The molecule has 0 aromatic carbocycles. The van der Waals surface area contributed by atoms with Crippen LogP contribution in [0.2, 0.25) is 0 Å². The molecule has 4 heteroatoms. The number of allylic oxidation sites excluding steroid dienone is 2. The maximum atomic E-state index is 5.64. The lowest BCUT2D eigenvalue weighted by molar-refractivity contribution is 0.185. The second kappa shape index (κ2) is 25.5. The van der Waals surface area contributed by atoms with Crippen molar-refractivity contribution < 1.29 is 0 Å². The summed E-state index contributed by atoms with van der Waals surface area (Å²) in [6.07, 6.45) is 20.9. The largest absolute Gasteiger partial charge is 0.330 e. The van der Waals surface area contributed by atoms with Gasteiger partial charge in [0, 0.05) is 25.2 Å². The number of likely N-dealkylation sites (N-methyl/N-ethyl adjacent to an activating group) is 1. The van der Waals surface area contributed by atoms with Crippen LogP contribution in [0.15, 0.2) is 23.3 Å². The third kappa shape index (κ3) is 23.3. The molecule has 0 radical (unpaired) electrons. The van der Waals surface area contributed by atoms with Gasteiger partial charge in [0.2, 0.25) is 0 Å². The predicted octanol–water partition coefficient (Wildman–Crippen LogP) is 9.69. The smallest absolute Gasteiger partial charge is 0.0163 e. The van der Waals surface area contributed by atoms with Crippen molar-refractivity contribution in [2.75, 3.05) is 39.8 Å². The molecular formula is C39H80N4. The summed E-state index contributed by atoms with van der Waals surface area (Å²) in [6.45, 7) is 28.5. The average Bonchev–Trinajstić information content (AvgIpc) is 2.94. The van der Waals surface area contributed by atoms with Gasteiger partial charge in [-0.2, -0.15) is 0 Å². The lowest BCUT2D eigenvalue weighted by Gasteiger charge is -2.33. The maximum absolute atomic E-state index is 5.64. The van der Waals surface area contributed by atoms with E-state index in [9.17, 15) is 0 Å². The van der Waals surface area contributed by atoms with Crippen molar-refractivity contribution in [1.82, 2.24) is 9.80 Å². The Bertz CT molecular complexity index is 694. The molecule has 2 fully saturated rings. The van der Waals surface area contributed by atoms with Crippen LogP contribution in [0.1, 0.15) is 146 Å². The molecule has 2 heterocycles. The van der Waals surface area contributed by atoms with Crippen LogP contribution in [0.4, 0.5) is 0 Å². The summed E-state index contributed by atoms with van der Waals surface area (Å²) in [7, 11) is 2.17. The summed E-state index contributed by atoms with van der Waals surface area (Å²) in [4.78, 5) is 4.91. The second-order valence-electron chi connectivity index (χ2n) is 15.5. The van der Waals surface area contributed by atoms with Crippen molar-refractivity contribution in [2.24, 2.45) is 41.1 Å². The molecule has 43 heavy (non-hydrogen) atoms. The molecule has 4 nitrogen and oxygen atoms in total. The summed E-state index contributed by atoms with van der Waals surface area (Å²) in [5.41, 5.74) is 14.2. The number of likely N-dealkylation sites (tertiary alicyclic amines) is 1. The fourth-order valence-electron chi connectivity index (χ4n) is 6.11. The molecule has 2 aliphatic heterocycles. The zero-order chi connectivity index (χ0) is 32.8. The Morgan fingerprint density at radius 2 is 1.30 bits per heavy atom. The number of hydrogen-bond acceptors (Lipinski definition) is 4. The van der Waals surface area contributed by atoms with Crippen LogP contribution >= 0.6 is 0 Å². The van der Waals surface area contributed by atoms with Gasteiger partial charge in [-0.05, 0) is 141 Å². The Kier molecular flexibility index (Phi) is 25.1. The van der Waals surface area contributed by atoms with E-state index in [1.165, 1.54) is 90.3 Å². The summed E-state index contributed by atoms with van der Waals surface area (Å²) < 4.78 is 0. The van der Waals surface area contributed by atoms with Gasteiger partial charge in [-0.3, -0.25) is 0 Å². The highest BCUT2D eigenvalue weighted by Crippen LogP contribution is 2.31. The van der Waals surface area contributed by atoms with E-state index in [4.69, 9.17) is 11.5 Å². The van der Waals surface area contributed by atoms with Gasteiger partial charge >= 0.3 is 0 Å². The normalized spacial score (nSPS) is 22.7. The van der Waals surface area contributed by atoms with Gasteiger partial charge in [-0.25, -0.2) is 0 Å². The highest BCUT2D eigenvalue weighted by molar-refractivity contribution is 5.09. The van der Waals surface area contributed by atoms with E-state index in [0.29, 0.717) is 6.04 Å². The van der Waals surface area contributed by atoms with Crippen LogP contribution in [-0.2, 0) is 0 Å². The molecule has 0 bridgehead atoms. The molecule has 2 aliphatic carbocycles. The molecular weight excluding hydrogens is 524 g/mol. The Hall–Kier alpha value is -0.680. The topological polar surface area (TPSA) is 58.5 Å². The Morgan fingerprint density at radius 1 is 0.721 bits per heavy atom. The molecule has 256 valence electrons. The number of rotatable bonds is 7. The zero-order valence-corrected chi connectivity index (χ0v) is 31.3. The molecule has 4 N–H and O–H groups in total. The Labute approximate surface area is 271 Å². The van der Waals surface area contributed by atoms with Crippen molar-refractivity contribution in [3.05, 3.63) is 23.3 Å². The first-order valence-electron chi connectivity index (χ1n) is 18.5. The van der Waals surface area contributed by atoms with Crippen LogP contribution in [0, 0.1) is 29.6 Å². The fraction of sp³-hybridized carbons (Fsp3) is 0.897. The van der Waals surface area contributed by atoms with Crippen LogP contribution < -0.4 is 11.5 Å². The van der Waals surface area contributed by atoms with Crippen molar-refractivity contribution >= 4 is 0 Å².